The molecule has 0 heterocycles. The molecule has 0 saturated carbocycles. The zero-order chi connectivity index (χ0) is 10.6. The Hall–Kier alpha value is -0.750. The molecule has 0 radical (unpaired) electrons. The second kappa shape index (κ2) is 5.21. The summed E-state index contributed by atoms with van der Waals surface area (Å²) in [5.41, 5.74) is 5.62. The van der Waals surface area contributed by atoms with E-state index in [1.807, 2.05) is 0 Å². The number of halogens is 2. The van der Waals surface area contributed by atoms with Gasteiger partial charge in [-0.05, 0) is 18.2 Å². The predicted molar refractivity (Wildman–Crippen MR) is 58.3 cm³/mol. The fraction of sp³-hybridized carbons (Fsp3) is 0. The lowest BCUT2D eigenvalue weighted by atomic mass is 10.3. The van der Waals surface area contributed by atoms with Gasteiger partial charge in [0.05, 0.1) is 15.7 Å². The van der Waals surface area contributed by atoms with Gasteiger partial charge in [0.15, 0.2) is 0 Å². The van der Waals surface area contributed by atoms with E-state index in [0.717, 1.165) is 0 Å². The molecule has 0 unspecified atom stereocenters. The summed E-state index contributed by atoms with van der Waals surface area (Å²) in [6.45, 7) is 0. The van der Waals surface area contributed by atoms with Gasteiger partial charge in [0.25, 0.3) is 0 Å². The van der Waals surface area contributed by atoms with Crippen molar-refractivity contribution in [2.75, 3.05) is 0 Å². The Morgan fingerprint density at radius 1 is 1.36 bits per heavy atom. The molecule has 2 N–H and O–H groups in total. The van der Waals surface area contributed by atoms with E-state index >= 15 is 0 Å². The third kappa shape index (κ3) is 3.19. The van der Waals surface area contributed by atoms with Crippen molar-refractivity contribution in [2.24, 2.45) is 16.0 Å². The van der Waals surface area contributed by atoms with Crippen molar-refractivity contribution in [3.05, 3.63) is 28.2 Å². The second-order valence-electron chi connectivity index (χ2n) is 2.22. The van der Waals surface area contributed by atoms with E-state index in [1.54, 1.807) is 12.1 Å². The van der Waals surface area contributed by atoms with Crippen molar-refractivity contribution in [1.29, 1.82) is 0 Å². The Morgan fingerprint density at radius 2 is 2.07 bits per heavy atom. The molecular weight excluding hydrogens is 245 g/mol. The summed E-state index contributed by atoms with van der Waals surface area (Å²) in [6, 6.07) is 4.72. The predicted octanol–water partition coefficient (Wildman–Crippen LogP) is 2.34. The van der Waals surface area contributed by atoms with Crippen LogP contribution < -0.4 is 5.73 Å². The van der Waals surface area contributed by atoms with Gasteiger partial charge in [-0.3, -0.25) is 5.73 Å². The first-order valence-corrected chi connectivity index (χ1v) is 4.92. The van der Waals surface area contributed by atoms with Crippen molar-refractivity contribution >= 4 is 45.3 Å². The van der Waals surface area contributed by atoms with Gasteiger partial charge in [-0.1, -0.05) is 23.2 Å². The largest absolute Gasteiger partial charge is 0.274 e. The summed E-state index contributed by atoms with van der Waals surface area (Å²) in [6.07, 6.45) is 0. The van der Waals surface area contributed by atoms with Crippen LogP contribution in [0.4, 0.5) is 5.69 Å². The first-order valence-electron chi connectivity index (χ1n) is 3.42. The molecule has 74 valence electrons. The summed E-state index contributed by atoms with van der Waals surface area (Å²) >= 11 is 11.5. The standard InChI is InChI=1S/C7H5Cl2N3OS/c8-5-2-1-4(3-6(5)9)11-12-7(10)14-13/h1-3H,10H2. The molecule has 4 nitrogen and oxygen atoms in total. The molecule has 0 aliphatic rings. The number of benzene rings is 1. The normalized spacial score (nSPS) is 10.5. The van der Waals surface area contributed by atoms with Gasteiger partial charge < -0.3 is 0 Å². The molecule has 0 bridgehead atoms. The van der Waals surface area contributed by atoms with Gasteiger partial charge in [0.2, 0.25) is 5.11 Å². The minimum absolute atomic E-state index is 0.0763. The van der Waals surface area contributed by atoms with Gasteiger partial charge in [0.1, 0.15) is 11.3 Å². The highest BCUT2D eigenvalue weighted by atomic mass is 35.5. The molecule has 0 saturated heterocycles. The summed E-state index contributed by atoms with van der Waals surface area (Å²) in [7, 11) is 0. The van der Waals surface area contributed by atoms with Crippen LogP contribution in [0.3, 0.4) is 0 Å². The van der Waals surface area contributed by atoms with Crippen molar-refractivity contribution in [1.82, 2.24) is 0 Å². The van der Waals surface area contributed by atoms with Crippen molar-refractivity contribution < 1.29 is 4.21 Å². The van der Waals surface area contributed by atoms with E-state index in [2.05, 4.69) is 10.2 Å². The molecule has 0 atom stereocenters. The van der Waals surface area contributed by atoms with Gasteiger partial charge in [-0.2, -0.15) is 0 Å². The Morgan fingerprint density at radius 3 is 2.64 bits per heavy atom. The maximum absolute atomic E-state index is 10.1. The molecule has 0 aliphatic heterocycles. The topological polar surface area (TPSA) is 67.8 Å². The number of nitrogens with zero attached hydrogens (tertiary/aromatic N) is 2. The molecule has 14 heavy (non-hydrogen) atoms. The molecule has 0 spiro atoms. The number of nitrogens with two attached hydrogens (primary N) is 1. The Labute approximate surface area is 93.8 Å². The SMILES string of the molecule is NC(N=Nc1ccc(Cl)c(Cl)c1)=S=O. The van der Waals surface area contributed by atoms with Crippen molar-refractivity contribution in [3.63, 3.8) is 0 Å². The highest BCUT2D eigenvalue weighted by molar-refractivity contribution is 7.66. The molecule has 1 aromatic rings. The van der Waals surface area contributed by atoms with Crippen LogP contribution in [-0.4, -0.2) is 9.32 Å². The number of rotatable bonds is 1. The molecule has 1 rings (SSSR count). The summed E-state index contributed by atoms with van der Waals surface area (Å²) in [5, 5.41) is 7.78. The van der Waals surface area contributed by atoms with Crippen molar-refractivity contribution in [2.45, 2.75) is 0 Å². The van der Waals surface area contributed by atoms with Crippen LogP contribution in [0, 0.1) is 0 Å². The van der Waals surface area contributed by atoms with E-state index < -0.39 is 0 Å². The van der Waals surface area contributed by atoms with E-state index in [0.29, 0.717) is 15.7 Å². The summed E-state index contributed by atoms with van der Waals surface area (Å²) < 4.78 is 10.1. The first kappa shape index (κ1) is 11.3. The molecule has 0 aromatic heterocycles. The van der Waals surface area contributed by atoms with Crippen LogP contribution >= 0.6 is 23.2 Å². The van der Waals surface area contributed by atoms with Crippen LogP contribution in [0.1, 0.15) is 0 Å². The zero-order valence-corrected chi connectivity index (χ0v) is 9.10. The second-order valence-corrected chi connectivity index (χ2v) is 3.62. The van der Waals surface area contributed by atoms with Crippen LogP contribution in [0.2, 0.25) is 10.0 Å². The third-order valence-electron chi connectivity index (χ3n) is 1.25. The molecule has 7 heteroatoms. The van der Waals surface area contributed by atoms with Gasteiger partial charge >= 0.3 is 0 Å². The molecule has 0 aliphatic carbocycles. The number of azo groups is 1. The zero-order valence-electron chi connectivity index (χ0n) is 6.78. The molecule has 0 amide bonds. The summed E-state index contributed by atoms with van der Waals surface area (Å²) in [5.74, 6) is 0. The maximum atomic E-state index is 10.1. The van der Waals surface area contributed by atoms with Gasteiger partial charge in [-0.15, -0.1) is 10.2 Å². The lowest BCUT2D eigenvalue weighted by Crippen LogP contribution is -2.05. The fourth-order valence-electron chi connectivity index (χ4n) is 0.671. The molecular formula is C7H5Cl2N3OS. The van der Waals surface area contributed by atoms with Gasteiger partial charge in [-0.25, -0.2) is 4.21 Å². The monoisotopic (exact) mass is 249 g/mol. The van der Waals surface area contributed by atoms with Crippen LogP contribution in [0.15, 0.2) is 28.4 Å². The highest BCUT2D eigenvalue weighted by Gasteiger charge is 1.97. The average Bonchev–Trinajstić information content (AvgIpc) is 2.19. The fourth-order valence-corrected chi connectivity index (χ4v) is 1.04. The minimum atomic E-state index is -0.156. The smallest absolute Gasteiger partial charge is 0.220 e. The highest BCUT2D eigenvalue weighted by Crippen LogP contribution is 2.26. The van der Waals surface area contributed by atoms with E-state index in [-0.39, 0.29) is 16.4 Å². The van der Waals surface area contributed by atoms with Crippen LogP contribution in [0.25, 0.3) is 0 Å². The van der Waals surface area contributed by atoms with Crippen LogP contribution in [0.5, 0.6) is 0 Å². The first-order chi connectivity index (χ1) is 6.63. The lowest BCUT2D eigenvalue weighted by Gasteiger charge is -1.95. The van der Waals surface area contributed by atoms with E-state index in [9.17, 15) is 4.21 Å². The van der Waals surface area contributed by atoms with Gasteiger partial charge in [0, 0.05) is 0 Å². The minimum Gasteiger partial charge on any atom is -0.274 e. The Balaban J connectivity index is 2.94. The lowest BCUT2D eigenvalue weighted by molar-refractivity contribution is 0.700. The number of hydrogen-bond donors (Lipinski definition) is 1. The van der Waals surface area contributed by atoms with Crippen LogP contribution in [-0.2, 0) is 11.3 Å². The third-order valence-corrected chi connectivity index (χ3v) is 2.24. The van der Waals surface area contributed by atoms with E-state index in [4.69, 9.17) is 28.9 Å². The van der Waals surface area contributed by atoms with E-state index in [1.165, 1.54) is 6.07 Å². The molecule has 0 fully saturated rings. The number of hydrogen-bond acceptors (Lipinski definition) is 2. The average molecular weight is 250 g/mol. The quantitative estimate of drug-likeness (QED) is 0.613. The Bertz CT molecular complexity index is 429. The molecule has 1 aromatic carbocycles. The Kier molecular flexibility index (Phi) is 4.21. The maximum Gasteiger partial charge on any atom is 0.220 e. The van der Waals surface area contributed by atoms with Crippen molar-refractivity contribution in [3.8, 4) is 0 Å². The summed E-state index contributed by atoms with van der Waals surface area (Å²) in [4.78, 5) is 0.